The van der Waals surface area contributed by atoms with Gasteiger partial charge >= 0.3 is 0 Å². The number of likely N-dealkylation sites (N-methyl/N-ethyl adjacent to an activating group) is 1. The summed E-state index contributed by atoms with van der Waals surface area (Å²) in [5, 5.41) is 0. The zero-order chi connectivity index (χ0) is 12.2. The summed E-state index contributed by atoms with van der Waals surface area (Å²) in [6, 6.07) is 0. The van der Waals surface area contributed by atoms with E-state index in [-0.39, 0.29) is 11.2 Å². The molecule has 1 rings (SSSR count). The number of hydrogen-bond acceptors (Lipinski definition) is 3. The smallest absolute Gasteiger partial charge is 0.136 e. The number of carbonyl (C=O) groups excluding carboxylic acids is 1. The first-order chi connectivity index (χ1) is 7.45. The van der Waals surface area contributed by atoms with E-state index >= 15 is 0 Å². The van der Waals surface area contributed by atoms with Crippen LogP contribution < -0.4 is 0 Å². The largest absolute Gasteiger partial charge is 0.377 e. The highest BCUT2D eigenvalue weighted by Gasteiger charge is 2.28. The summed E-state index contributed by atoms with van der Waals surface area (Å²) in [5.41, 5.74) is -0.241. The van der Waals surface area contributed by atoms with Gasteiger partial charge in [-0.05, 0) is 26.3 Å². The zero-order valence-electron chi connectivity index (χ0n) is 11.1. The molecule has 1 atom stereocenters. The van der Waals surface area contributed by atoms with Gasteiger partial charge in [-0.1, -0.05) is 20.8 Å². The molecule has 1 aliphatic heterocycles. The lowest BCUT2D eigenvalue weighted by Gasteiger charge is -2.31. The summed E-state index contributed by atoms with van der Waals surface area (Å²) in [4.78, 5) is 13.8. The van der Waals surface area contributed by atoms with Crippen molar-refractivity contribution in [3.05, 3.63) is 0 Å². The van der Waals surface area contributed by atoms with E-state index in [2.05, 4.69) is 11.8 Å². The van der Waals surface area contributed by atoms with Gasteiger partial charge < -0.3 is 9.64 Å². The Labute approximate surface area is 99.1 Å². The Balaban J connectivity index is 2.44. The molecule has 0 bridgehead atoms. The van der Waals surface area contributed by atoms with Gasteiger partial charge in [0.05, 0.1) is 6.10 Å². The molecule has 0 radical (unpaired) electrons. The minimum atomic E-state index is -0.241. The topological polar surface area (TPSA) is 29.5 Å². The van der Waals surface area contributed by atoms with Crippen molar-refractivity contribution in [2.24, 2.45) is 5.41 Å². The highest BCUT2D eigenvalue weighted by Crippen LogP contribution is 2.20. The first kappa shape index (κ1) is 13.7. The van der Waals surface area contributed by atoms with Crippen molar-refractivity contribution in [1.82, 2.24) is 4.90 Å². The monoisotopic (exact) mass is 227 g/mol. The Bertz CT molecular complexity index is 232. The summed E-state index contributed by atoms with van der Waals surface area (Å²) in [5.74, 6) is 0.262. The molecule has 0 aromatic heterocycles. The standard InChI is InChI=1S/C13H25NO2/c1-5-14(9-12-7-6-8-16-12)10-13(3,4)11(2)15/h12H,5-10H2,1-4H3. The van der Waals surface area contributed by atoms with Crippen LogP contribution >= 0.6 is 0 Å². The lowest BCUT2D eigenvalue weighted by atomic mass is 9.88. The van der Waals surface area contributed by atoms with Gasteiger partial charge in [-0.15, -0.1) is 0 Å². The Morgan fingerprint density at radius 1 is 1.50 bits per heavy atom. The molecule has 0 amide bonds. The van der Waals surface area contributed by atoms with Gasteiger partial charge in [0.1, 0.15) is 5.78 Å². The van der Waals surface area contributed by atoms with E-state index in [0.29, 0.717) is 6.10 Å². The van der Waals surface area contributed by atoms with E-state index in [4.69, 9.17) is 4.74 Å². The molecular weight excluding hydrogens is 202 g/mol. The number of nitrogens with zero attached hydrogens (tertiary/aromatic N) is 1. The first-order valence-electron chi connectivity index (χ1n) is 6.30. The van der Waals surface area contributed by atoms with Crippen LogP contribution in [0.3, 0.4) is 0 Å². The van der Waals surface area contributed by atoms with E-state index in [1.807, 2.05) is 13.8 Å². The van der Waals surface area contributed by atoms with Gasteiger partial charge in [0.2, 0.25) is 0 Å². The Morgan fingerprint density at radius 2 is 2.19 bits per heavy atom. The van der Waals surface area contributed by atoms with E-state index in [9.17, 15) is 4.79 Å². The first-order valence-corrected chi connectivity index (χ1v) is 6.30. The third kappa shape index (κ3) is 3.87. The molecule has 3 heteroatoms. The molecular formula is C13H25NO2. The molecule has 16 heavy (non-hydrogen) atoms. The maximum absolute atomic E-state index is 11.5. The normalized spacial score (nSPS) is 21.7. The van der Waals surface area contributed by atoms with Crippen molar-refractivity contribution < 1.29 is 9.53 Å². The van der Waals surface area contributed by atoms with E-state index in [1.165, 1.54) is 6.42 Å². The Morgan fingerprint density at radius 3 is 2.62 bits per heavy atom. The van der Waals surface area contributed by atoms with Gasteiger partial charge in [0, 0.05) is 25.1 Å². The number of Topliss-reactive ketones (excluding diaryl/α,β-unsaturated/α-hetero) is 1. The van der Waals surface area contributed by atoms with E-state index < -0.39 is 0 Å². The second-order valence-electron chi connectivity index (χ2n) is 5.40. The van der Waals surface area contributed by atoms with Crippen LogP contribution in [0.4, 0.5) is 0 Å². The van der Waals surface area contributed by atoms with Crippen LogP contribution in [0.2, 0.25) is 0 Å². The lowest BCUT2D eigenvalue weighted by Crippen LogP contribution is -2.41. The average molecular weight is 227 g/mol. The molecule has 1 heterocycles. The second-order valence-corrected chi connectivity index (χ2v) is 5.40. The molecule has 0 aromatic carbocycles. The third-order valence-electron chi connectivity index (χ3n) is 3.50. The number of carbonyl (C=O) groups is 1. The van der Waals surface area contributed by atoms with Crippen LogP contribution in [0.25, 0.3) is 0 Å². The van der Waals surface area contributed by atoms with Crippen molar-refractivity contribution in [3.8, 4) is 0 Å². The summed E-state index contributed by atoms with van der Waals surface area (Å²) >= 11 is 0. The fourth-order valence-corrected chi connectivity index (χ4v) is 2.05. The number of rotatable bonds is 6. The number of ketones is 1. The molecule has 3 nitrogen and oxygen atoms in total. The Hall–Kier alpha value is -0.410. The maximum Gasteiger partial charge on any atom is 0.136 e. The molecule has 1 aliphatic rings. The predicted molar refractivity (Wildman–Crippen MR) is 65.6 cm³/mol. The number of ether oxygens (including phenoxy) is 1. The van der Waals surface area contributed by atoms with Crippen LogP contribution in [-0.2, 0) is 9.53 Å². The van der Waals surface area contributed by atoms with E-state index in [1.54, 1.807) is 6.92 Å². The van der Waals surface area contributed by atoms with Crippen LogP contribution in [0.1, 0.15) is 40.5 Å². The molecule has 0 N–H and O–H groups in total. The summed E-state index contributed by atoms with van der Waals surface area (Å²) in [6.45, 7) is 11.5. The average Bonchev–Trinajstić information content (AvgIpc) is 2.68. The van der Waals surface area contributed by atoms with Gasteiger partial charge in [0.15, 0.2) is 0 Å². The van der Waals surface area contributed by atoms with Gasteiger partial charge in [0.25, 0.3) is 0 Å². The predicted octanol–water partition coefficient (Wildman–Crippen LogP) is 2.10. The van der Waals surface area contributed by atoms with Crippen molar-refractivity contribution in [2.45, 2.75) is 46.6 Å². The summed E-state index contributed by atoms with van der Waals surface area (Å²) in [6.07, 6.45) is 2.72. The van der Waals surface area contributed by atoms with Crippen LogP contribution in [0.5, 0.6) is 0 Å². The molecule has 94 valence electrons. The van der Waals surface area contributed by atoms with Crippen LogP contribution in [0.15, 0.2) is 0 Å². The second kappa shape index (κ2) is 5.78. The van der Waals surface area contributed by atoms with Crippen molar-refractivity contribution in [2.75, 3.05) is 26.2 Å². The van der Waals surface area contributed by atoms with Crippen LogP contribution in [-0.4, -0.2) is 43.0 Å². The minimum Gasteiger partial charge on any atom is -0.377 e. The highest BCUT2D eigenvalue weighted by atomic mass is 16.5. The lowest BCUT2D eigenvalue weighted by molar-refractivity contribution is -0.126. The fourth-order valence-electron chi connectivity index (χ4n) is 2.05. The molecule has 1 saturated heterocycles. The molecule has 0 spiro atoms. The minimum absolute atomic E-state index is 0.241. The fraction of sp³-hybridized carbons (Fsp3) is 0.923. The maximum atomic E-state index is 11.5. The van der Waals surface area contributed by atoms with Gasteiger partial charge in [-0.2, -0.15) is 0 Å². The van der Waals surface area contributed by atoms with Gasteiger partial charge in [-0.25, -0.2) is 0 Å². The molecule has 0 aromatic rings. The SMILES string of the molecule is CCN(CC1CCCO1)CC(C)(C)C(C)=O. The zero-order valence-corrected chi connectivity index (χ0v) is 11.1. The summed E-state index contributed by atoms with van der Waals surface area (Å²) in [7, 11) is 0. The molecule has 0 aliphatic carbocycles. The number of hydrogen-bond donors (Lipinski definition) is 0. The van der Waals surface area contributed by atoms with Crippen molar-refractivity contribution in [1.29, 1.82) is 0 Å². The quantitative estimate of drug-likeness (QED) is 0.696. The van der Waals surface area contributed by atoms with Gasteiger partial charge in [-0.3, -0.25) is 4.79 Å². The Kier molecular flexibility index (Phi) is 4.93. The molecule has 1 unspecified atom stereocenters. The van der Waals surface area contributed by atoms with Crippen molar-refractivity contribution >= 4 is 5.78 Å². The third-order valence-corrected chi connectivity index (χ3v) is 3.50. The van der Waals surface area contributed by atoms with Crippen molar-refractivity contribution in [3.63, 3.8) is 0 Å². The molecule has 0 saturated carbocycles. The highest BCUT2D eigenvalue weighted by molar-refractivity contribution is 5.81. The van der Waals surface area contributed by atoms with Crippen LogP contribution in [0, 0.1) is 5.41 Å². The van der Waals surface area contributed by atoms with E-state index in [0.717, 1.165) is 32.7 Å². The summed E-state index contributed by atoms with van der Waals surface area (Å²) < 4.78 is 5.63. The molecule has 1 fully saturated rings.